The van der Waals surface area contributed by atoms with E-state index in [0.717, 1.165) is 11.8 Å². The lowest BCUT2D eigenvalue weighted by Gasteiger charge is -2.17. The summed E-state index contributed by atoms with van der Waals surface area (Å²) >= 11 is 0. The maximum atomic E-state index is 8.97. The van der Waals surface area contributed by atoms with Gasteiger partial charge in [0.25, 0.3) is 0 Å². The van der Waals surface area contributed by atoms with Gasteiger partial charge in [0.2, 0.25) is 0 Å². The highest BCUT2D eigenvalue weighted by Crippen LogP contribution is 2.22. The highest BCUT2D eigenvalue weighted by Gasteiger charge is 2.09. The Hall–Kier alpha value is -0.0400. The number of rotatable bonds is 11. The number of hydrogen-bond donors (Lipinski definition) is 1. The molecule has 3 unspecified atom stereocenters. The second-order valence-corrected chi connectivity index (χ2v) is 6.16. The van der Waals surface area contributed by atoms with Gasteiger partial charge in [-0.2, -0.15) is 0 Å². The maximum absolute atomic E-state index is 8.97. The van der Waals surface area contributed by atoms with E-state index in [2.05, 4.69) is 27.7 Å². The fourth-order valence-electron chi connectivity index (χ4n) is 2.57. The SMILES string of the molecule is CCCCCC(C)CC(C)CCCC(C)CO. The molecule has 0 aromatic heterocycles. The molecule has 0 aliphatic heterocycles. The summed E-state index contributed by atoms with van der Waals surface area (Å²) in [5, 5.41) is 8.97. The number of hydrogen-bond acceptors (Lipinski definition) is 1. The van der Waals surface area contributed by atoms with Gasteiger partial charge in [-0.05, 0) is 30.6 Å². The monoisotopic (exact) mass is 242 g/mol. The zero-order chi connectivity index (χ0) is 13.1. The van der Waals surface area contributed by atoms with Crippen molar-refractivity contribution in [3.05, 3.63) is 0 Å². The number of aliphatic hydroxyl groups is 1. The lowest BCUT2D eigenvalue weighted by atomic mass is 9.89. The summed E-state index contributed by atoms with van der Waals surface area (Å²) in [6, 6.07) is 0. The molecule has 1 heteroatoms. The normalized spacial score (nSPS) is 16.8. The summed E-state index contributed by atoms with van der Waals surface area (Å²) in [6.07, 6.45) is 10.7. The van der Waals surface area contributed by atoms with E-state index >= 15 is 0 Å². The molecule has 0 aromatic carbocycles. The van der Waals surface area contributed by atoms with Crippen molar-refractivity contribution in [2.75, 3.05) is 6.61 Å². The van der Waals surface area contributed by atoms with Crippen LogP contribution < -0.4 is 0 Å². The third-order valence-corrected chi connectivity index (χ3v) is 3.81. The van der Waals surface area contributed by atoms with E-state index in [-0.39, 0.29) is 0 Å². The fourth-order valence-corrected chi connectivity index (χ4v) is 2.57. The molecule has 0 aliphatic carbocycles. The van der Waals surface area contributed by atoms with Crippen LogP contribution in [0.1, 0.15) is 79.1 Å². The van der Waals surface area contributed by atoms with Crippen molar-refractivity contribution in [1.29, 1.82) is 0 Å². The molecule has 104 valence electrons. The second-order valence-electron chi connectivity index (χ2n) is 6.16. The van der Waals surface area contributed by atoms with E-state index in [0.29, 0.717) is 12.5 Å². The molecule has 0 heterocycles. The van der Waals surface area contributed by atoms with E-state index in [1.54, 1.807) is 0 Å². The van der Waals surface area contributed by atoms with Crippen molar-refractivity contribution >= 4 is 0 Å². The summed E-state index contributed by atoms with van der Waals surface area (Å²) in [6.45, 7) is 9.55. The molecule has 0 rings (SSSR count). The summed E-state index contributed by atoms with van der Waals surface area (Å²) in [7, 11) is 0. The molecule has 3 atom stereocenters. The minimum atomic E-state index is 0.349. The Morgan fingerprint density at radius 1 is 0.765 bits per heavy atom. The smallest absolute Gasteiger partial charge is 0.0456 e. The molecule has 0 aromatic rings. The first-order valence-corrected chi connectivity index (χ1v) is 7.70. The van der Waals surface area contributed by atoms with E-state index in [9.17, 15) is 0 Å². The Balaban J connectivity index is 3.46. The molecule has 1 nitrogen and oxygen atoms in total. The molecule has 0 amide bonds. The first-order valence-electron chi connectivity index (χ1n) is 7.70. The first-order chi connectivity index (χ1) is 8.10. The molecule has 0 saturated heterocycles. The Bertz CT molecular complexity index is 156. The highest BCUT2D eigenvalue weighted by atomic mass is 16.3. The molecule has 0 bridgehead atoms. The van der Waals surface area contributed by atoms with Crippen LogP contribution in [-0.2, 0) is 0 Å². The van der Waals surface area contributed by atoms with Gasteiger partial charge in [0, 0.05) is 6.61 Å². The second kappa shape index (κ2) is 11.1. The van der Waals surface area contributed by atoms with Gasteiger partial charge in [-0.25, -0.2) is 0 Å². The topological polar surface area (TPSA) is 20.2 Å². The minimum absolute atomic E-state index is 0.349. The summed E-state index contributed by atoms with van der Waals surface area (Å²) < 4.78 is 0. The standard InChI is InChI=1S/C16H34O/c1-5-6-7-9-14(2)12-15(3)10-8-11-16(4)13-17/h14-17H,5-13H2,1-4H3. The van der Waals surface area contributed by atoms with Crippen LogP contribution in [-0.4, -0.2) is 11.7 Å². The van der Waals surface area contributed by atoms with Crippen molar-refractivity contribution in [1.82, 2.24) is 0 Å². The molecular formula is C16H34O. The van der Waals surface area contributed by atoms with Crippen LogP contribution >= 0.6 is 0 Å². The Morgan fingerprint density at radius 3 is 1.82 bits per heavy atom. The number of aliphatic hydroxyl groups excluding tert-OH is 1. The molecule has 0 spiro atoms. The molecular weight excluding hydrogens is 208 g/mol. The summed E-state index contributed by atoms with van der Waals surface area (Å²) in [4.78, 5) is 0. The van der Waals surface area contributed by atoms with Crippen LogP contribution in [0.4, 0.5) is 0 Å². The van der Waals surface area contributed by atoms with Crippen LogP contribution in [0.5, 0.6) is 0 Å². The van der Waals surface area contributed by atoms with E-state index in [1.165, 1.54) is 51.4 Å². The fraction of sp³-hybridized carbons (Fsp3) is 1.00. The van der Waals surface area contributed by atoms with Gasteiger partial charge in [-0.1, -0.05) is 66.2 Å². The van der Waals surface area contributed by atoms with Gasteiger partial charge < -0.3 is 5.11 Å². The lowest BCUT2D eigenvalue weighted by Crippen LogP contribution is -2.05. The molecule has 0 radical (unpaired) electrons. The Kier molecular flexibility index (Phi) is 11.0. The quantitative estimate of drug-likeness (QED) is 0.504. The zero-order valence-corrected chi connectivity index (χ0v) is 12.5. The van der Waals surface area contributed by atoms with Gasteiger partial charge >= 0.3 is 0 Å². The van der Waals surface area contributed by atoms with Crippen molar-refractivity contribution in [3.63, 3.8) is 0 Å². The lowest BCUT2D eigenvalue weighted by molar-refractivity contribution is 0.224. The van der Waals surface area contributed by atoms with E-state index in [1.807, 2.05) is 0 Å². The summed E-state index contributed by atoms with van der Waals surface area (Å²) in [5.41, 5.74) is 0. The van der Waals surface area contributed by atoms with Gasteiger partial charge in [-0.15, -0.1) is 0 Å². The van der Waals surface area contributed by atoms with Crippen molar-refractivity contribution in [2.24, 2.45) is 17.8 Å². The largest absolute Gasteiger partial charge is 0.396 e. The molecule has 17 heavy (non-hydrogen) atoms. The predicted octanol–water partition coefficient (Wildman–Crippen LogP) is 5.03. The van der Waals surface area contributed by atoms with Crippen LogP contribution in [0.15, 0.2) is 0 Å². The third kappa shape index (κ3) is 10.8. The van der Waals surface area contributed by atoms with Gasteiger partial charge in [0.05, 0.1) is 0 Å². The number of unbranched alkanes of at least 4 members (excludes halogenated alkanes) is 2. The van der Waals surface area contributed by atoms with Gasteiger partial charge in [0.15, 0.2) is 0 Å². The Morgan fingerprint density at radius 2 is 1.29 bits per heavy atom. The van der Waals surface area contributed by atoms with Crippen molar-refractivity contribution in [2.45, 2.75) is 79.1 Å². The predicted molar refractivity (Wildman–Crippen MR) is 77.2 cm³/mol. The molecule has 0 aliphatic rings. The van der Waals surface area contributed by atoms with Crippen LogP contribution in [0, 0.1) is 17.8 Å². The van der Waals surface area contributed by atoms with Crippen LogP contribution in [0.3, 0.4) is 0 Å². The first kappa shape index (κ1) is 17.0. The average Bonchev–Trinajstić information content (AvgIpc) is 2.29. The average molecular weight is 242 g/mol. The molecule has 0 fully saturated rings. The molecule has 1 N–H and O–H groups in total. The minimum Gasteiger partial charge on any atom is -0.396 e. The zero-order valence-electron chi connectivity index (χ0n) is 12.5. The summed E-state index contributed by atoms with van der Waals surface area (Å²) in [5.74, 6) is 2.24. The van der Waals surface area contributed by atoms with Crippen molar-refractivity contribution < 1.29 is 5.11 Å². The maximum Gasteiger partial charge on any atom is 0.0456 e. The van der Waals surface area contributed by atoms with Crippen molar-refractivity contribution in [3.8, 4) is 0 Å². The van der Waals surface area contributed by atoms with Crippen LogP contribution in [0.25, 0.3) is 0 Å². The third-order valence-electron chi connectivity index (χ3n) is 3.81. The van der Waals surface area contributed by atoms with E-state index < -0.39 is 0 Å². The molecule has 0 saturated carbocycles. The van der Waals surface area contributed by atoms with Gasteiger partial charge in [-0.3, -0.25) is 0 Å². The van der Waals surface area contributed by atoms with Gasteiger partial charge in [0.1, 0.15) is 0 Å². The Labute approximate surface area is 109 Å². The highest BCUT2D eigenvalue weighted by molar-refractivity contribution is 4.61. The van der Waals surface area contributed by atoms with E-state index in [4.69, 9.17) is 5.11 Å². The van der Waals surface area contributed by atoms with Crippen LogP contribution in [0.2, 0.25) is 0 Å².